The zero-order valence-corrected chi connectivity index (χ0v) is 8.36. The smallest absolute Gasteiger partial charge is 0.274 e. The molecule has 1 aromatic carbocycles. The third kappa shape index (κ3) is 2.20. The fourth-order valence-electron chi connectivity index (χ4n) is 1.04. The van der Waals surface area contributed by atoms with Crippen LogP contribution in [0.2, 0.25) is 0 Å². The van der Waals surface area contributed by atoms with Crippen LogP contribution in [-0.4, -0.2) is 25.1 Å². The minimum Gasteiger partial charge on any atom is -0.274 e. The van der Waals surface area contributed by atoms with E-state index < -0.39 is 0 Å². The van der Waals surface area contributed by atoms with Crippen molar-refractivity contribution in [2.24, 2.45) is 0 Å². The molecule has 0 spiro atoms. The minimum absolute atomic E-state index is 0.237. The monoisotopic (exact) mass is 191 g/mol. The van der Waals surface area contributed by atoms with E-state index in [1.54, 1.807) is 7.05 Å². The molecule has 74 valence electrons. The molecule has 0 aromatic heterocycles. The Balaban J connectivity index is 2.82. The maximum absolute atomic E-state index is 11.6. The lowest BCUT2D eigenvalue weighted by Crippen LogP contribution is -2.25. The van der Waals surface area contributed by atoms with Crippen molar-refractivity contribution in [1.29, 1.82) is 0 Å². The van der Waals surface area contributed by atoms with Crippen molar-refractivity contribution in [3.05, 3.63) is 42.5 Å². The Bertz CT molecular complexity index is 332. The highest BCUT2D eigenvalue weighted by atomic mass is 16.7. The van der Waals surface area contributed by atoms with E-state index in [1.807, 2.05) is 30.3 Å². The Morgan fingerprint density at radius 3 is 2.43 bits per heavy atom. The Hall–Kier alpha value is -1.61. The van der Waals surface area contributed by atoms with E-state index in [0.29, 0.717) is 5.57 Å². The number of rotatable bonds is 3. The van der Waals surface area contributed by atoms with Gasteiger partial charge < -0.3 is 0 Å². The highest BCUT2D eigenvalue weighted by Crippen LogP contribution is 2.13. The predicted molar refractivity (Wildman–Crippen MR) is 55.3 cm³/mol. The quantitative estimate of drug-likeness (QED) is 0.537. The van der Waals surface area contributed by atoms with Crippen LogP contribution >= 0.6 is 0 Å². The number of carbonyl (C=O) groups excluding carboxylic acids is 1. The summed E-state index contributed by atoms with van der Waals surface area (Å²) in [6, 6.07) is 9.29. The molecule has 0 radical (unpaired) electrons. The van der Waals surface area contributed by atoms with Gasteiger partial charge in [0.1, 0.15) is 0 Å². The summed E-state index contributed by atoms with van der Waals surface area (Å²) in [7, 11) is 2.99. The van der Waals surface area contributed by atoms with Crippen LogP contribution in [0.5, 0.6) is 0 Å². The van der Waals surface area contributed by atoms with Gasteiger partial charge in [-0.2, -0.15) is 0 Å². The Kier molecular flexibility index (Phi) is 3.42. The van der Waals surface area contributed by atoms with E-state index in [9.17, 15) is 4.79 Å². The normalized spacial score (nSPS) is 9.57. The van der Waals surface area contributed by atoms with Gasteiger partial charge >= 0.3 is 0 Å². The molecule has 3 nitrogen and oxygen atoms in total. The molecule has 1 amide bonds. The van der Waals surface area contributed by atoms with Crippen molar-refractivity contribution in [2.75, 3.05) is 14.2 Å². The highest BCUT2D eigenvalue weighted by molar-refractivity contribution is 6.18. The second kappa shape index (κ2) is 4.58. The number of hydroxylamine groups is 2. The summed E-state index contributed by atoms with van der Waals surface area (Å²) in [6.45, 7) is 3.72. The Morgan fingerprint density at radius 1 is 1.36 bits per heavy atom. The molecule has 1 aromatic rings. The van der Waals surface area contributed by atoms with Crippen LogP contribution < -0.4 is 0 Å². The second-order valence-corrected chi connectivity index (χ2v) is 2.83. The maximum Gasteiger partial charge on any atom is 0.277 e. The molecule has 0 unspecified atom stereocenters. The van der Waals surface area contributed by atoms with Crippen LogP contribution in [0.4, 0.5) is 0 Å². The second-order valence-electron chi connectivity index (χ2n) is 2.83. The molecule has 0 bridgehead atoms. The lowest BCUT2D eigenvalue weighted by molar-refractivity contribution is -0.161. The molecule has 0 aliphatic carbocycles. The lowest BCUT2D eigenvalue weighted by atomic mass is 10.1. The van der Waals surface area contributed by atoms with Gasteiger partial charge in [0.25, 0.3) is 5.91 Å². The van der Waals surface area contributed by atoms with Gasteiger partial charge in [0, 0.05) is 12.6 Å². The molecule has 0 aliphatic heterocycles. The zero-order chi connectivity index (χ0) is 10.6. The van der Waals surface area contributed by atoms with Crippen LogP contribution in [0.15, 0.2) is 36.9 Å². The van der Waals surface area contributed by atoms with Gasteiger partial charge in [-0.05, 0) is 5.56 Å². The summed E-state index contributed by atoms with van der Waals surface area (Å²) in [5.74, 6) is -0.237. The third-order valence-corrected chi connectivity index (χ3v) is 1.94. The van der Waals surface area contributed by atoms with Crippen molar-refractivity contribution in [3.63, 3.8) is 0 Å². The number of hydrogen-bond acceptors (Lipinski definition) is 2. The van der Waals surface area contributed by atoms with E-state index in [1.165, 1.54) is 7.11 Å². The van der Waals surface area contributed by atoms with Crippen LogP contribution in [0, 0.1) is 0 Å². The first kappa shape index (κ1) is 10.5. The number of likely N-dealkylation sites (N-methyl/N-ethyl adjacent to an activating group) is 1. The van der Waals surface area contributed by atoms with E-state index in [-0.39, 0.29) is 5.91 Å². The van der Waals surface area contributed by atoms with Crippen molar-refractivity contribution in [2.45, 2.75) is 0 Å². The van der Waals surface area contributed by atoms with Gasteiger partial charge in [-0.15, -0.1) is 0 Å². The minimum atomic E-state index is -0.237. The van der Waals surface area contributed by atoms with Gasteiger partial charge in [-0.25, -0.2) is 5.06 Å². The average Bonchev–Trinajstić information content (AvgIpc) is 2.27. The number of nitrogens with zero attached hydrogens (tertiary/aromatic N) is 1. The number of carbonyl (C=O) groups is 1. The fourth-order valence-corrected chi connectivity index (χ4v) is 1.04. The molecule has 14 heavy (non-hydrogen) atoms. The fraction of sp³-hybridized carbons (Fsp3) is 0.182. The van der Waals surface area contributed by atoms with E-state index in [0.717, 1.165) is 10.6 Å². The van der Waals surface area contributed by atoms with Crippen molar-refractivity contribution in [1.82, 2.24) is 5.06 Å². The van der Waals surface area contributed by atoms with E-state index in [2.05, 4.69) is 6.58 Å². The third-order valence-electron chi connectivity index (χ3n) is 1.94. The van der Waals surface area contributed by atoms with Crippen LogP contribution in [-0.2, 0) is 9.63 Å². The molecule has 3 heteroatoms. The molecular weight excluding hydrogens is 178 g/mol. The lowest BCUT2D eigenvalue weighted by Gasteiger charge is -2.14. The molecule has 0 saturated carbocycles. The predicted octanol–water partition coefficient (Wildman–Crippen LogP) is 1.72. The van der Waals surface area contributed by atoms with Crippen molar-refractivity contribution >= 4 is 11.5 Å². The standard InChI is InChI=1S/C11H13NO2/c1-9(11(13)12(2)14-3)10-7-5-4-6-8-10/h4-8H,1H2,2-3H3. The van der Waals surface area contributed by atoms with Crippen molar-refractivity contribution in [3.8, 4) is 0 Å². The average molecular weight is 191 g/mol. The topological polar surface area (TPSA) is 29.5 Å². The van der Waals surface area contributed by atoms with Gasteiger partial charge in [0.15, 0.2) is 0 Å². The van der Waals surface area contributed by atoms with Crippen molar-refractivity contribution < 1.29 is 9.63 Å². The molecule has 0 heterocycles. The SMILES string of the molecule is C=C(C(=O)N(C)OC)c1ccccc1. The van der Waals surface area contributed by atoms with Crippen LogP contribution in [0.3, 0.4) is 0 Å². The first-order chi connectivity index (χ1) is 6.66. The molecular formula is C11H13NO2. The number of hydrogen-bond donors (Lipinski definition) is 0. The summed E-state index contributed by atoms with van der Waals surface area (Å²) < 4.78 is 0. The zero-order valence-electron chi connectivity index (χ0n) is 8.36. The summed E-state index contributed by atoms with van der Waals surface area (Å²) in [5.41, 5.74) is 1.23. The first-order valence-electron chi connectivity index (χ1n) is 4.23. The Morgan fingerprint density at radius 2 is 1.93 bits per heavy atom. The van der Waals surface area contributed by atoms with Gasteiger partial charge in [0.2, 0.25) is 0 Å². The highest BCUT2D eigenvalue weighted by Gasteiger charge is 2.13. The molecule has 0 fully saturated rings. The summed E-state index contributed by atoms with van der Waals surface area (Å²) in [6.07, 6.45) is 0. The van der Waals surface area contributed by atoms with E-state index >= 15 is 0 Å². The van der Waals surface area contributed by atoms with Gasteiger partial charge in [0.05, 0.1) is 7.11 Å². The molecule has 0 N–H and O–H groups in total. The van der Waals surface area contributed by atoms with Crippen LogP contribution in [0.25, 0.3) is 5.57 Å². The first-order valence-corrected chi connectivity index (χ1v) is 4.23. The summed E-state index contributed by atoms with van der Waals surface area (Å²) >= 11 is 0. The largest absolute Gasteiger partial charge is 0.277 e. The van der Waals surface area contributed by atoms with Crippen LogP contribution in [0.1, 0.15) is 5.56 Å². The number of benzene rings is 1. The molecule has 0 saturated heterocycles. The molecule has 0 atom stereocenters. The molecule has 0 aliphatic rings. The van der Waals surface area contributed by atoms with Gasteiger partial charge in [-0.1, -0.05) is 36.9 Å². The Labute approximate surface area is 83.6 Å². The maximum atomic E-state index is 11.6. The molecule has 1 rings (SSSR count). The summed E-state index contributed by atoms with van der Waals surface area (Å²) in [4.78, 5) is 16.4. The van der Waals surface area contributed by atoms with Gasteiger partial charge in [-0.3, -0.25) is 9.63 Å². The summed E-state index contributed by atoms with van der Waals surface area (Å²) in [5, 5.41) is 1.15. The van der Waals surface area contributed by atoms with E-state index in [4.69, 9.17) is 4.84 Å². The number of amides is 1.